The molecule has 2 aromatic heterocycles. The maximum atomic E-state index is 6.05. The van der Waals surface area contributed by atoms with E-state index in [1.807, 2.05) is 48.1 Å². The highest BCUT2D eigenvalue weighted by Gasteiger charge is 2.05. The average Bonchev–Trinajstić information content (AvgIpc) is 3.02. The first-order valence-corrected chi connectivity index (χ1v) is 8.03. The summed E-state index contributed by atoms with van der Waals surface area (Å²) in [5.41, 5.74) is 2.14. The predicted octanol–water partition coefficient (Wildman–Crippen LogP) is 3.53. The third kappa shape index (κ3) is 3.75. The van der Waals surface area contributed by atoms with Gasteiger partial charge in [0.05, 0.1) is 7.11 Å². The van der Waals surface area contributed by atoms with Crippen LogP contribution in [0.4, 0.5) is 0 Å². The van der Waals surface area contributed by atoms with Gasteiger partial charge in [-0.15, -0.1) is 0 Å². The number of ether oxygens (including phenoxy) is 1. The molecule has 2 heterocycles. The van der Waals surface area contributed by atoms with Crippen LogP contribution in [0, 0.1) is 6.92 Å². The maximum absolute atomic E-state index is 6.05. The van der Waals surface area contributed by atoms with E-state index in [4.69, 9.17) is 16.3 Å². The first-order valence-electron chi connectivity index (χ1n) is 7.66. The van der Waals surface area contributed by atoms with Gasteiger partial charge in [-0.25, -0.2) is 9.97 Å². The summed E-state index contributed by atoms with van der Waals surface area (Å²) in [6, 6.07) is 9.67. The molecule has 124 valence electrons. The molecule has 1 N–H and O–H groups in total. The maximum Gasteiger partial charge on any atom is 0.137 e. The number of nitrogens with zero attached hydrogens (tertiary/aromatic N) is 3. The summed E-state index contributed by atoms with van der Waals surface area (Å²) in [6.45, 7) is 3.34. The van der Waals surface area contributed by atoms with Crippen molar-refractivity contribution in [2.45, 2.75) is 20.0 Å². The van der Waals surface area contributed by atoms with Crippen LogP contribution in [-0.4, -0.2) is 21.6 Å². The summed E-state index contributed by atoms with van der Waals surface area (Å²) in [5, 5.41) is 4.09. The third-order valence-corrected chi connectivity index (χ3v) is 4.00. The number of aromatic nitrogens is 3. The Hall–Kier alpha value is -2.37. The van der Waals surface area contributed by atoms with Gasteiger partial charge in [-0.1, -0.05) is 17.7 Å². The highest BCUT2D eigenvalue weighted by molar-refractivity contribution is 6.30. The van der Waals surface area contributed by atoms with Crippen LogP contribution in [0.2, 0.25) is 5.02 Å². The topological polar surface area (TPSA) is 52.0 Å². The molecule has 0 fully saturated rings. The minimum atomic E-state index is 0.673. The Morgan fingerprint density at radius 1 is 1.17 bits per heavy atom. The fraction of sp³-hybridized carbons (Fsp3) is 0.222. The molecule has 0 bridgehead atoms. The standard InChI is InChI=1S/C18H19ClN4O/c1-13-21-7-8-23(13)18-6-3-14(11-22-18)10-20-12-15-9-16(19)4-5-17(15)24-2/h3-9,11,20H,10,12H2,1-2H3. The number of aryl methyl sites for hydroxylation is 1. The van der Waals surface area contributed by atoms with Gasteiger partial charge in [-0.2, -0.15) is 0 Å². The second-order valence-corrected chi connectivity index (χ2v) is 5.87. The molecule has 0 atom stereocenters. The Kier molecular flexibility index (Phi) is 5.13. The summed E-state index contributed by atoms with van der Waals surface area (Å²) in [6.07, 6.45) is 5.54. The lowest BCUT2D eigenvalue weighted by Gasteiger charge is -2.10. The molecule has 0 radical (unpaired) electrons. The smallest absolute Gasteiger partial charge is 0.137 e. The van der Waals surface area contributed by atoms with Gasteiger partial charge in [0.25, 0.3) is 0 Å². The van der Waals surface area contributed by atoms with Crippen LogP contribution in [-0.2, 0) is 13.1 Å². The highest BCUT2D eigenvalue weighted by Crippen LogP contribution is 2.22. The van der Waals surface area contributed by atoms with E-state index in [1.165, 1.54) is 0 Å². The molecule has 0 saturated heterocycles. The van der Waals surface area contributed by atoms with Crippen molar-refractivity contribution in [1.29, 1.82) is 0 Å². The van der Waals surface area contributed by atoms with E-state index in [1.54, 1.807) is 13.3 Å². The Balaban J connectivity index is 1.61. The van der Waals surface area contributed by atoms with Crippen LogP contribution in [0.3, 0.4) is 0 Å². The Morgan fingerprint density at radius 2 is 2.04 bits per heavy atom. The van der Waals surface area contributed by atoms with E-state index in [9.17, 15) is 0 Å². The normalized spacial score (nSPS) is 10.8. The van der Waals surface area contributed by atoms with E-state index < -0.39 is 0 Å². The molecule has 0 saturated carbocycles. The first kappa shape index (κ1) is 16.5. The van der Waals surface area contributed by atoms with E-state index in [2.05, 4.69) is 21.4 Å². The van der Waals surface area contributed by atoms with Gasteiger partial charge in [0.2, 0.25) is 0 Å². The van der Waals surface area contributed by atoms with Gasteiger partial charge in [0.1, 0.15) is 17.4 Å². The largest absolute Gasteiger partial charge is 0.496 e. The fourth-order valence-electron chi connectivity index (χ4n) is 2.51. The molecular formula is C18H19ClN4O. The van der Waals surface area contributed by atoms with Crippen LogP contribution in [0.1, 0.15) is 17.0 Å². The first-order chi connectivity index (χ1) is 11.7. The van der Waals surface area contributed by atoms with E-state index in [0.29, 0.717) is 18.1 Å². The lowest BCUT2D eigenvalue weighted by Crippen LogP contribution is -2.13. The SMILES string of the molecule is COc1ccc(Cl)cc1CNCc1ccc(-n2ccnc2C)nc1. The molecule has 0 aliphatic rings. The average molecular weight is 343 g/mol. The van der Waals surface area contributed by atoms with Gasteiger partial charge in [0.15, 0.2) is 0 Å². The lowest BCUT2D eigenvalue weighted by atomic mass is 10.2. The Morgan fingerprint density at radius 3 is 2.71 bits per heavy atom. The molecule has 3 aromatic rings. The Labute approximate surface area is 146 Å². The number of pyridine rings is 1. The number of benzene rings is 1. The van der Waals surface area contributed by atoms with Crippen LogP contribution in [0.25, 0.3) is 5.82 Å². The lowest BCUT2D eigenvalue weighted by molar-refractivity contribution is 0.407. The van der Waals surface area contributed by atoms with Crippen LogP contribution < -0.4 is 10.1 Å². The summed E-state index contributed by atoms with van der Waals surface area (Å²) < 4.78 is 7.30. The van der Waals surface area contributed by atoms with Crippen molar-refractivity contribution in [2.75, 3.05) is 7.11 Å². The molecule has 0 unspecified atom stereocenters. The molecule has 0 amide bonds. The van der Waals surface area contributed by atoms with Crippen molar-refractivity contribution in [3.63, 3.8) is 0 Å². The van der Waals surface area contributed by atoms with Crippen molar-refractivity contribution in [3.8, 4) is 11.6 Å². The molecule has 24 heavy (non-hydrogen) atoms. The fourth-order valence-corrected chi connectivity index (χ4v) is 2.71. The second kappa shape index (κ2) is 7.47. The molecular weight excluding hydrogens is 324 g/mol. The van der Waals surface area contributed by atoms with E-state index >= 15 is 0 Å². The molecule has 0 aliphatic heterocycles. The Bertz CT molecular complexity index is 814. The minimum Gasteiger partial charge on any atom is -0.496 e. The van der Waals surface area contributed by atoms with E-state index in [-0.39, 0.29) is 0 Å². The zero-order chi connectivity index (χ0) is 16.9. The van der Waals surface area contributed by atoms with Gasteiger partial charge >= 0.3 is 0 Å². The van der Waals surface area contributed by atoms with Gasteiger partial charge in [0, 0.05) is 42.3 Å². The van der Waals surface area contributed by atoms with Crippen molar-refractivity contribution in [1.82, 2.24) is 19.9 Å². The molecule has 6 heteroatoms. The number of methoxy groups -OCH3 is 1. The minimum absolute atomic E-state index is 0.673. The number of halogens is 1. The zero-order valence-corrected chi connectivity index (χ0v) is 14.4. The van der Waals surface area contributed by atoms with Crippen LogP contribution in [0.5, 0.6) is 5.75 Å². The molecule has 3 rings (SSSR count). The molecule has 0 aliphatic carbocycles. The van der Waals surface area contributed by atoms with Gasteiger partial charge in [-0.05, 0) is 36.8 Å². The number of nitrogens with one attached hydrogen (secondary N) is 1. The van der Waals surface area contributed by atoms with Crippen LogP contribution >= 0.6 is 11.6 Å². The van der Waals surface area contributed by atoms with Crippen molar-refractivity contribution < 1.29 is 4.74 Å². The quantitative estimate of drug-likeness (QED) is 0.744. The van der Waals surface area contributed by atoms with Gasteiger partial charge in [-0.3, -0.25) is 4.57 Å². The molecule has 0 spiro atoms. The molecule has 5 nitrogen and oxygen atoms in total. The summed E-state index contributed by atoms with van der Waals surface area (Å²) in [5.74, 6) is 2.61. The van der Waals surface area contributed by atoms with Gasteiger partial charge < -0.3 is 10.1 Å². The van der Waals surface area contributed by atoms with Crippen molar-refractivity contribution in [2.24, 2.45) is 0 Å². The summed E-state index contributed by atoms with van der Waals surface area (Å²) in [7, 11) is 1.66. The predicted molar refractivity (Wildman–Crippen MR) is 94.6 cm³/mol. The number of rotatable bonds is 6. The third-order valence-electron chi connectivity index (χ3n) is 3.77. The van der Waals surface area contributed by atoms with Crippen LogP contribution in [0.15, 0.2) is 48.9 Å². The monoisotopic (exact) mass is 342 g/mol. The highest BCUT2D eigenvalue weighted by atomic mass is 35.5. The molecule has 1 aromatic carbocycles. The zero-order valence-electron chi connectivity index (χ0n) is 13.7. The number of imidazole rings is 1. The summed E-state index contributed by atoms with van der Waals surface area (Å²) in [4.78, 5) is 8.70. The van der Waals surface area contributed by atoms with Crippen molar-refractivity contribution >= 4 is 11.6 Å². The number of hydrogen-bond acceptors (Lipinski definition) is 4. The number of hydrogen-bond donors (Lipinski definition) is 1. The second-order valence-electron chi connectivity index (χ2n) is 5.43. The summed E-state index contributed by atoms with van der Waals surface area (Å²) >= 11 is 6.05. The van der Waals surface area contributed by atoms with E-state index in [0.717, 1.165) is 28.5 Å². The van der Waals surface area contributed by atoms with Crippen molar-refractivity contribution in [3.05, 3.63) is 70.9 Å².